The van der Waals surface area contributed by atoms with Gasteiger partial charge in [-0.25, -0.2) is 4.79 Å². The third-order valence-corrected chi connectivity index (χ3v) is 2.77. The molecule has 0 unspecified atom stereocenters. The van der Waals surface area contributed by atoms with Crippen molar-refractivity contribution in [1.82, 2.24) is 4.57 Å². The number of carbonyl (C=O) groups is 1. The van der Waals surface area contributed by atoms with Crippen LogP contribution in [0.2, 0.25) is 0 Å². The number of rotatable bonds is 4. The summed E-state index contributed by atoms with van der Waals surface area (Å²) in [6, 6.07) is 6.12. The van der Waals surface area contributed by atoms with Crippen LogP contribution < -0.4 is 0 Å². The molecule has 2 rings (SSSR count). The van der Waals surface area contributed by atoms with Crippen molar-refractivity contribution in [3.05, 3.63) is 62.5 Å². The maximum atomic E-state index is 11.6. The number of non-ortho nitro benzene ring substituents is 1. The van der Waals surface area contributed by atoms with Crippen LogP contribution in [0.15, 0.2) is 36.5 Å². The van der Waals surface area contributed by atoms with E-state index >= 15 is 0 Å². The molecule has 0 amide bonds. The maximum absolute atomic E-state index is 11.6. The number of esters is 1. The Hall–Kier alpha value is -3.23. The van der Waals surface area contributed by atoms with Gasteiger partial charge in [0, 0.05) is 12.3 Å². The van der Waals surface area contributed by atoms with Crippen LogP contribution in [-0.4, -0.2) is 27.5 Å². The van der Waals surface area contributed by atoms with Crippen LogP contribution in [0.25, 0.3) is 5.69 Å². The minimum absolute atomic E-state index is 0.0380. The van der Waals surface area contributed by atoms with Crippen molar-refractivity contribution < 1.29 is 19.4 Å². The molecule has 0 bridgehead atoms. The predicted octanol–water partition coefficient (Wildman–Crippen LogP) is 2.08. The molecule has 0 saturated carbocycles. The number of carbonyl (C=O) groups excluding carboxylic acids is 1. The van der Waals surface area contributed by atoms with Crippen LogP contribution in [0.3, 0.4) is 0 Å². The van der Waals surface area contributed by atoms with Gasteiger partial charge in [0.1, 0.15) is 11.4 Å². The Labute approximate surface area is 117 Å². The van der Waals surface area contributed by atoms with Gasteiger partial charge in [0.2, 0.25) is 0 Å². The van der Waals surface area contributed by atoms with Crippen molar-refractivity contribution in [3.63, 3.8) is 0 Å². The third kappa shape index (κ3) is 2.56. The Morgan fingerprint density at radius 3 is 2.48 bits per heavy atom. The second-order valence-electron chi connectivity index (χ2n) is 3.94. The molecule has 0 aliphatic rings. The van der Waals surface area contributed by atoms with E-state index in [0.29, 0.717) is 0 Å². The van der Waals surface area contributed by atoms with Gasteiger partial charge in [0.15, 0.2) is 0 Å². The summed E-state index contributed by atoms with van der Waals surface area (Å²) >= 11 is 0. The Bertz CT molecular complexity index is 736. The molecule has 0 N–H and O–H groups in total. The van der Waals surface area contributed by atoms with E-state index in [-0.39, 0.29) is 11.4 Å². The van der Waals surface area contributed by atoms with Crippen LogP contribution in [0.4, 0.5) is 11.4 Å². The van der Waals surface area contributed by atoms with E-state index in [0.717, 1.165) is 12.1 Å². The van der Waals surface area contributed by atoms with Crippen LogP contribution in [0, 0.1) is 20.2 Å². The lowest BCUT2D eigenvalue weighted by Crippen LogP contribution is -2.10. The molecule has 108 valence electrons. The lowest BCUT2D eigenvalue weighted by Gasteiger charge is -2.08. The Kier molecular flexibility index (Phi) is 3.65. The zero-order valence-corrected chi connectivity index (χ0v) is 10.8. The van der Waals surface area contributed by atoms with E-state index < -0.39 is 27.2 Å². The van der Waals surface area contributed by atoms with Crippen molar-refractivity contribution in [1.29, 1.82) is 0 Å². The third-order valence-electron chi connectivity index (χ3n) is 2.77. The second kappa shape index (κ2) is 5.41. The Balaban J connectivity index is 2.64. The van der Waals surface area contributed by atoms with E-state index in [4.69, 9.17) is 0 Å². The van der Waals surface area contributed by atoms with Gasteiger partial charge in [-0.2, -0.15) is 0 Å². The minimum Gasteiger partial charge on any atom is -0.464 e. The average molecular weight is 291 g/mol. The van der Waals surface area contributed by atoms with Crippen LogP contribution in [0.1, 0.15) is 10.5 Å². The molecule has 0 aliphatic heterocycles. The topological polar surface area (TPSA) is 118 Å². The molecule has 0 aliphatic carbocycles. The zero-order chi connectivity index (χ0) is 15.6. The van der Waals surface area contributed by atoms with Crippen molar-refractivity contribution in [3.8, 4) is 5.69 Å². The minimum atomic E-state index is -0.747. The van der Waals surface area contributed by atoms with Crippen molar-refractivity contribution >= 4 is 17.3 Å². The van der Waals surface area contributed by atoms with E-state index in [1.807, 2.05) is 0 Å². The molecule has 0 radical (unpaired) electrons. The van der Waals surface area contributed by atoms with Gasteiger partial charge in [-0.15, -0.1) is 0 Å². The lowest BCUT2D eigenvalue weighted by molar-refractivity contribution is -0.394. The van der Waals surface area contributed by atoms with Gasteiger partial charge >= 0.3 is 5.97 Å². The molecular weight excluding hydrogens is 282 g/mol. The van der Waals surface area contributed by atoms with Crippen molar-refractivity contribution in [2.45, 2.75) is 0 Å². The molecular formula is C12H9N3O6. The highest BCUT2D eigenvalue weighted by molar-refractivity contribution is 5.88. The monoisotopic (exact) mass is 291 g/mol. The molecule has 9 heteroatoms. The number of nitro groups is 2. The molecule has 9 nitrogen and oxygen atoms in total. The number of nitro benzene ring substituents is 2. The highest BCUT2D eigenvalue weighted by Gasteiger charge is 2.23. The summed E-state index contributed by atoms with van der Waals surface area (Å²) in [5.41, 5.74) is -0.770. The Morgan fingerprint density at radius 1 is 1.19 bits per heavy atom. The number of ether oxygens (including phenoxy) is 1. The summed E-state index contributed by atoms with van der Waals surface area (Å²) in [5.74, 6) is -0.673. The lowest BCUT2D eigenvalue weighted by atomic mass is 10.2. The average Bonchev–Trinajstić information content (AvgIpc) is 2.94. The van der Waals surface area contributed by atoms with Crippen LogP contribution in [-0.2, 0) is 4.74 Å². The number of methoxy groups -OCH3 is 1. The molecule has 0 saturated heterocycles. The zero-order valence-electron chi connectivity index (χ0n) is 10.8. The summed E-state index contributed by atoms with van der Waals surface area (Å²) in [6.07, 6.45) is 1.43. The first-order valence-electron chi connectivity index (χ1n) is 5.64. The molecule has 2 aromatic rings. The van der Waals surface area contributed by atoms with Crippen molar-refractivity contribution in [2.24, 2.45) is 0 Å². The Morgan fingerprint density at radius 2 is 1.90 bits per heavy atom. The number of aromatic nitrogens is 1. The largest absolute Gasteiger partial charge is 0.464 e. The van der Waals surface area contributed by atoms with E-state index in [9.17, 15) is 25.0 Å². The molecule has 1 heterocycles. The fourth-order valence-corrected chi connectivity index (χ4v) is 1.84. The van der Waals surface area contributed by atoms with E-state index in [1.54, 1.807) is 0 Å². The SMILES string of the molecule is COC(=O)c1cccn1-c1ccc([N+](=O)[O-])cc1[N+](=O)[O-]. The highest BCUT2D eigenvalue weighted by Crippen LogP contribution is 2.29. The molecule has 1 aromatic heterocycles. The van der Waals surface area contributed by atoms with E-state index in [2.05, 4.69) is 4.74 Å². The highest BCUT2D eigenvalue weighted by atomic mass is 16.6. The quantitative estimate of drug-likeness (QED) is 0.483. The number of benzene rings is 1. The maximum Gasteiger partial charge on any atom is 0.355 e. The predicted molar refractivity (Wildman–Crippen MR) is 70.4 cm³/mol. The summed E-state index contributed by atoms with van der Waals surface area (Å²) in [5, 5.41) is 21.8. The summed E-state index contributed by atoms with van der Waals surface area (Å²) in [4.78, 5) is 31.9. The van der Waals surface area contributed by atoms with Gasteiger partial charge in [-0.1, -0.05) is 0 Å². The molecule has 1 aromatic carbocycles. The summed E-state index contributed by atoms with van der Waals surface area (Å²) in [6.45, 7) is 0. The van der Waals surface area contributed by atoms with Crippen LogP contribution >= 0.6 is 0 Å². The van der Waals surface area contributed by atoms with Gasteiger partial charge in [0.25, 0.3) is 11.4 Å². The molecule has 0 fully saturated rings. The first-order chi connectivity index (χ1) is 9.95. The van der Waals surface area contributed by atoms with Gasteiger partial charge in [0.05, 0.1) is 23.0 Å². The van der Waals surface area contributed by atoms with Gasteiger partial charge < -0.3 is 9.30 Å². The summed E-state index contributed by atoms with van der Waals surface area (Å²) in [7, 11) is 1.18. The van der Waals surface area contributed by atoms with Gasteiger partial charge in [-0.05, 0) is 18.2 Å². The second-order valence-corrected chi connectivity index (χ2v) is 3.94. The van der Waals surface area contributed by atoms with E-state index in [1.165, 1.54) is 36.1 Å². The van der Waals surface area contributed by atoms with Crippen molar-refractivity contribution in [2.75, 3.05) is 7.11 Å². The first-order valence-corrected chi connectivity index (χ1v) is 5.64. The normalized spacial score (nSPS) is 10.1. The number of hydrogen-bond acceptors (Lipinski definition) is 6. The summed E-state index contributed by atoms with van der Waals surface area (Å²) < 4.78 is 5.82. The van der Waals surface area contributed by atoms with Gasteiger partial charge in [-0.3, -0.25) is 20.2 Å². The standard InChI is InChI=1S/C12H9N3O6/c1-21-12(16)10-3-2-6-13(10)9-5-4-8(14(17)18)7-11(9)15(19)20/h2-7H,1H3. The molecule has 0 spiro atoms. The fraction of sp³-hybridized carbons (Fsp3) is 0.0833. The smallest absolute Gasteiger partial charge is 0.355 e. The molecule has 21 heavy (non-hydrogen) atoms. The number of nitrogens with zero attached hydrogens (tertiary/aromatic N) is 3. The van der Waals surface area contributed by atoms with Crippen LogP contribution in [0.5, 0.6) is 0 Å². The molecule has 0 atom stereocenters. The number of hydrogen-bond donors (Lipinski definition) is 0. The first kappa shape index (κ1) is 14.2. The fourth-order valence-electron chi connectivity index (χ4n) is 1.84.